The quantitative estimate of drug-likeness (QED) is 0.585. The second-order valence-corrected chi connectivity index (χ2v) is 6.13. The van der Waals surface area contributed by atoms with Crippen LogP contribution >= 0.6 is 0 Å². The first kappa shape index (κ1) is 14.3. The fourth-order valence-electron chi connectivity index (χ4n) is 3.40. The highest BCUT2D eigenvalue weighted by Gasteiger charge is 2.41. The molecule has 0 bridgehead atoms. The average molecular weight is 264 g/mol. The second-order valence-electron chi connectivity index (χ2n) is 6.13. The molecular weight excluding hydrogens is 240 g/mol. The first-order valence-corrected chi connectivity index (χ1v) is 7.15. The number of carbonyl (C=O) groups is 1. The fourth-order valence-corrected chi connectivity index (χ4v) is 3.40. The summed E-state index contributed by atoms with van der Waals surface area (Å²) in [6.07, 6.45) is 9.13. The van der Waals surface area contributed by atoms with Gasteiger partial charge in [0.25, 0.3) is 0 Å². The van der Waals surface area contributed by atoms with E-state index in [1.54, 1.807) is 0 Å². The number of esters is 1. The lowest BCUT2D eigenvalue weighted by Gasteiger charge is -2.44. The van der Waals surface area contributed by atoms with Crippen molar-refractivity contribution < 1.29 is 14.6 Å². The number of aliphatic hydroxyl groups excluding tert-OH is 1. The maximum atomic E-state index is 11.1. The lowest BCUT2D eigenvalue weighted by atomic mass is 9.62. The highest BCUT2D eigenvalue weighted by molar-refractivity contribution is 5.66. The average Bonchev–Trinajstić information content (AvgIpc) is 2.28. The number of hydrogen-bond donors (Lipinski definition) is 1. The molecule has 106 valence electrons. The standard InChI is InChI=1S/C16H24O3/c1-11-8-15(19-12(2)17)9-13-6-4-5-7-14(18)10-16(11,13)3/h5,7,9,11,14-15,18H,4,6,8,10H2,1-3H3/b7-5-. The van der Waals surface area contributed by atoms with Crippen molar-refractivity contribution in [1.29, 1.82) is 0 Å². The van der Waals surface area contributed by atoms with Gasteiger partial charge in [0, 0.05) is 6.92 Å². The van der Waals surface area contributed by atoms with E-state index in [0.717, 1.165) is 25.7 Å². The molecule has 0 fully saturated rings. The van der Waals surface area contributed by atoms with Gasteiger partial charge in [0.2, 0.25) is 0 Å². The predicted octanol–water partition coefficient (Wildman–Crippen LogP) is 2.99. The number of aliphatic hydroxyl groups is 1. The Hall–Kier alpha value is -1.09. The molecule has 4 atom stereocenters. The maximum Gasteiger partial charge on any atom is 0.303 e. The largest absolute Gasteiger partial charge is 0.458 e. The van der Waals surface area contributed by atoms with Crippen LogP contribution in [0.15, 0.2) is 23.8 Å². The summed E-state index contributed by atoms with van der Waals surface area (Å²) in [6, 6.07) is 0. The molecule has 2 rings (SSSR count). The van der Waals surface area contributed by atoms with Crippen molar-refractivity contribution in [3.05, 3.63) is 23.8 Å². The van der Waals surface area contributed by atoms with Crippen LogP contribution in [0.5, 0.6) is 0 Å². The van der Waals surface area contributed by atoms with Gasteiger partial charge in [0.05, 0.1) is 6.10 Å². The molecule has 1 N–H and O–H groups in total. The van der Waals surface area contributed by atoms with Crippen LogP contribution in [0, 0.1) is 11.3 Å². The van der Waals surface area contributed by atoms with E-state index in [1.807, 2.05) is 12.2 Å². The van der Waals surface area contributed by atoms with Crippen molar-refractivity contribution in [3.63, 3.8) is 0 Å². The number of allylic oxidation sites excluding steroid dienone is 2. The summed E-state index contributed by atoms with van der Waals surface area (Å²) in [6.45, 7) is 5.89. The Bertz CT molecular complexity index is 410. The van der Waals surface area contributed by atoms with Gasteiger partial charge in [0.1, 0.15) is 6.10 Å². The first-order valence-electron chi connectivity index (χ1n) is 7.15. The molecule has 0 aromatic heterocycles. The number of rotatable bonds is 1. The van der Waals surface area contributed by atoms with Crippen LogP contribution in [0.4, 0.5) is 0 Å². The van der Waals surface area contributed by atoms with E-state index >= 15 is 0 Å². The SMILES string of the molecule is CC(=O)OC1C=C2CC/C=C\C(O)CC2(C)C(C)C1. The van der Waals surface area contributed by atoms with Gasteiger partial charge >= 0.3 is 5.97 Å². The topological polar surface area (TPSA) is 46.5 Å². The van der Waals surface area contributed by atoms with Crippen LogP contribution in [-0.2, 0) is 9.53 Å². The highest BCUT2D eigenvalue weighted by atomic mass is 16.5. The Kier molecular flexibility index (Phi) is 4.14. The van der Waals surface area contributed by atoms with Crippen molar-refractivity contribution in [1.82, 2.24) is 0 Å². The lowest BCUT2D eigenvalue weighted by molar-refractivity contribution is -0.145. The molecule has 2 aliphatic rings. The van der Waals surface area contributed by atoms with Gasteiger partial charge in [-0.25, -0.2) is 0 Å². The number of hydrogen-bond acceptors (Lipinski definition) is 3. The minimum Gasteiger partial charge on any atom is -0.458 e. The van der Waals surface area contributed by atoms with Crippen molar-refractivity contribution >= 4 is 5.97 Å². The smallest absolute Gasteiger partial charge is 0.303 e. The monoisotopic (exact) mass is 264 g/mol. The van der Waals surface area contributed by atoms with Crippen LogP contribution in [0.25, 0.3) is 0 Å². The zero-order valence-electron chi connectivity index (χ0n) is 12.1. The van der Waals surface area contributed by atoms with Crippen LogP contribution in [0.2, 0.25) is 0 Å². The van der Waals surface area contributed by atoms with Crippen molar-refractivity contribution in [2.45, 2.75) is 58.7 Å². The fraction of sp³-hybridized carbons (Fsp3) is 0.688. The molecule has 0 saturated carbocycles. The van der Waals surface area contributed by atoms with Crippen molar-refractivity contribution in [2.24, 2.45) is 11.3 Å². The summed E-state index contributed by atoms with van der Waals surface area (Å²) >= 11 is 0. The van der Waals surface area contributed by atoms with E-state index in [0.29, 0.717) is 5.92 Å². The molecule has 3 heteroatoms. The van der Waals surface area contributed by atoms with Gasteiger partial charge in [-0.05, 0) is 43.1 Å². The normalized spacial score (nSPS) is 40.4. The summed E-state index contributed by atoms with van der Waals surface area (Å²) in [5, 5.41) is 10.0. The molecule has 0 aliphatic heterocycles. The van der Waals surface area contributed by atoms with Gasteiger partial charge in [0.15, 0.2) is 0 Å². The highest BCUT2D eigenvalue weighted by Crippen LogP contribution is 2.48. The van der Waals surface area contributed by atoms with Gasteiger partial charge in [-0.2, -0.15) is 0 Å². The van der Waals surface area contributed by atoms with E-state index in [2.05, 4.69) is 19.9 Å². The van der Waals surface area contributed by atoms with Crippen LogP contribution in [0.3, 0.4) is 0 Å². The Morgan fingerprint density at radius 2 is 2.26 bits per heavy atom. The number of ether oxygens (including phenoxy) is 1. The number of fused-ring (bicyclic) bond motifs is 1. The Labute approximate surface area is 115 Å². The van der Waals surface area contributed by atoms with E-state index < -0.39 is 0 Å². The van der Waals surface area contributed by atoms with Crippen LogP contribution in [0.1, 0.15) is 46.5 Å². The van der Waals surface area contributed by atoms with Gasteiger partial charge < -0.3 is 9.84 Å². The summed E-state index contributed by atoms with van der Waals surface area (Å²) in [5.41, 5.74) is 1.35. The Morgan fingerprint density at radius 3 is 2.95 bits per heavy atom. The molecule has 0 aromatic rings. The van der Waals surface area contributed by atoms with Gasteiger partial charge in [-0.3, -0.25) is 4.79 Å². The zero-order chi connectivity index (χ0) is 14.0. The van der Waals surface area contributed by atoms with E-state index in [9.17, 15) is 9.90 Å². The van der Waals surface area contributed by atoms with Gasteiger partial charge in [-0.15, -0.1) is 0 Å². The molecule has 4 unspecified atom stereocenters. The molecule has 19 heavy (non-hydrogen) atoms. The molecular formula is C16H24O3. The zero-order valence-corrected chi connectivity index (χ0v) is 12.1. The van der Waals surface area contributed by atoms with Crippen molar-refractivity contribution in [2.75, 3.05) is 0 Å². The Balaban J connectivity index is 2.28. The molecule has 0 amide bonds. The first-order chi connectivity index (χ1) is 8.91. The third kappa shape index (κ3) is 3.08. The minimum atomic E-state index is -0.374. The molecule has 0 aromatic carbocycles. The second kappa shape index (κ2) is 5.49. The van der Waals surface area contributed by atoms with E-state index in [-0.39, 0.29) is 23.6 Å². The molecule has 0 spiro atoms. The summed E-state index contributed by atoms with van der Waals surface area (Å²) in [4.78, 5) is 11.1. The number of carbonyl (C=O) groups excluding carboxylic acids is 1. The predicted molar refractivity (Wildman–Crippen MR) is 74.5 cm³/mol. The van der Waals surface area contributed by atoms with Crippen molar-refractivity contribution in [3.8, 4) is 0 Å². The summed E-state index contributed by atoms with van der Waals surface area (Å²) in [5.74, 6) is 0.182. The van der Waals surface area contributed by atoms with Gasteiger partial charge in [-0.1, -0.05) is 31.6 Å². The molecule has 0 radical (unpaired) electrons. The summed E-state index contributed by atoms with van der Waals surface area (Å²) < 4.78 is 5.36. The molecule has 3 nitrogen and oxygen atoms in total. The van der Waals surface area contributed by atoms with Crippen LogP contribution in [-0.4, -0.2) is 23.3 Å². The van der Waals surface area contributed by atoms with E-state index in [1.165, 1.54) is 12.5 Å². The third-order valence-corrected chi connectivity index (χ3v) is 4.68. The molecule has 0 heterocycles. The molecule has 2 aliphatic carbocycles. The Morgan fingerprint density at radius 1 is 1.53 bits per heavy atom. The maximum absolute atomic E-state index is 11.1. The summed E-state index contributed by atoms with van der Waals surface area (Å²) in [7, 11) is 0. The molecule has 0 saturated heterocycles. The van der Waals surface area contributed by atoms with E-state index in [4.69, 9.17) is 4.74 Å². The minimum absolute atomic E-state index is 0.0147. The lowest BCUT2D eigenvalue weighted by Crippen LogP contribution is -2.39. The third-order valence-electron chi connectivity index (χ3n) is 4.68. The van der Waals surface area contributed by atoms with Crippen LogP contribution < -0.4 is 0 Å².